The second kappa shape index (κ2) is 12.1. The molecule has 0 atom stereocenters. The van der Waals surface area contributed by atoms with Crippen molar-refractivity contribution in [1.29, 1.82) is 0 Å². The summed E-state index contributed by atoms with van der Waals surface area (Å²) in [6.07, 6.45) is 11.2. The van der Waals surface area contributed by atoms with Crippen LogP contribution in [0.25, 0.3) is 22.5 Å². The number of rotatable bonds is 10. The number of hydrogen-bond donors (Lipinski definition) is 2. The Labute approximate surface area is 214 Å². The van der Waals surface area contributed by atoms with Crippen LogP contribution in [0.3, 0.4) is 0 Å². The topological polar surface area (TPSA) is 82.5 Å². The van der Waals surface area contributed by atoms with Gasteiger partial charge in [0.05, 0.1) is 0 Å². The Hall–Kier alpha value is -4.00. The first-order valence-electron chi connectivity index (χ1n) is 12.0. The van der Waals surface area contributed by atoms with Gasteiger partial charge < -0.3 is 15.5 Å². The van der Waals surface area contributed by atoms with E-state index in [4.69, 9.17) is 9.97 Å². The molecule has 1 aromatic heterocycles. The molecule has 1 aliphatic carbocycles. The fourth-order valence-corrected chi connectivity index (χ4v) is 4.13. The van der Waals surface area contributed by atoms with Gasteiger partial charge in [0.2, 0.25) is 5.91 Å². The largest absolute Gasteiger partial charge is 0.383 e. The molecule has 188 valence electrons. The normalized spacial score (nSPS) is 17.9. The van der Waals surface area contributed by atoms with E-state index >= 15 is 0 Å². The smallest absolute Gasteiger partial charge is 0.217 e. The van der Waals surface area contributed by atoms with Crippen LogP contribution in [-0.2, 0) is 4.79 Å². The van der Waals surface area contributed by atoms with Gasteiger partial charge in [0.1, 0.15) is 5.82 Å². The van der Waals surface area contributed by atoms with Crippen LogP contribution in [0.4, 0.5) is 5.82 Å². The number of nitrogens with zero attached hydrogens (tertiary/aromatic N) is 4. The van der Waals surface area contributed by atoms with Crippen molar-refractivity contribution in [3.8, 4) is 11.4 Å². The Balaban J connectivity index is 2.01. The highest BCUT2D eigenvalue weighted by Gasteiger charge is 2.30. The van der Waals surface area contributed by atoms with Crippen LogP contribution in [0.15, 0.2) is 72.5 Å². The van der Waals surface area contributed by atoms with Crippen molar-refractivity contribution in [3.05, 3.63) is 78.7 Å². The maximum absolute atomic E-state index is 11.4. The highest BCUT2D eigenvalue weighted by atomic mass is 16.1. The summed E-state index contributed by atoms with van der Waals surface area (Å²) in [5, 5.41) is 6.56. The van der Waals surface area contributed by atoms with Crippen molar-refractivity contribution in [2.24, 2.45) is 4.99 Å². The molecule has 1 aromatic carbocycles. The summed E-state index contributed by atoms with van der Waals surface area (Å²) in [6, 6.07) is 8.52. The summed E-state index contributed by atoms with van der Waals surface area (Å²) >= 11 is 0. The first-order valence-corrected chi connectivity index (χ1v) is 12.0. The van der Waals surface area contributed by atoms with E-state index in [1.54, 1.807) is 20.2 Å². The van der Waals surface area contributed by atoms with Crippen LogP contribution >= 0.6 is 0 Å². The quantitative estimate of drug-likeness (QED) is 0.367. The highest BCUT2D eigenvalue weighted by Crippen LogP contribution is 2.30. The number of aliphatic imine (C=N–C) groups is 1. The number of amides is 1. The monoisotopic (exact) mass is 484 g/mol. The molecule has 1 heterocycles. The number of aromatic nitrogens is 2. The van der Waals surface area contributed by atoms with Crippen LogP contribution in [0.1, 0.15) is 37.8 Å². The van der Waals surface area contributed by atoms with Gasteiger partial charge in [-0.15, -0.1) is 0 Å². The number of hydrogen-bond acceptors (Lipinski definition) is 6. The molecule has 0 saturated heterocycles. The van der Waals surface area contributed by atoms with Crippen molar-refractivity contribution in [3.63, 3.8) is 0 Å². The summed E-state index contributed by atoms with van der Waals surface area (Å²) in [4.78, 5) is 27.3. The van der Waals surface area contributed by atoms with Crippen molar-refractivity contribution in [2.45, 2.75) is 38.8 Å². The third-order valence-corrected chi connectivity index (χ3v) is 5.73. The molecule has 0 unspecified atom stereocenters. The average molecular weight is 485 g/mol. The number of benzene rings is 1. The third kappa shape index (κ3) is 7.01. The lowest BCUT2D eigenvalue weighted by Crippen LogP contribution is -2.49. The Morgan fingerprint density at radius 1 is 1.19 bits per heavy atom. The van der Waals surface area contributed by atoms with Gasteiger partial charge in [-0.25, -0.2) is 9.97 Å². The maximum atomic E-state index is 11.4. The molecule has 0 radical (unpaired) electrons. The molecule has 7 heteroatoms. The van der Waals surface area contributed by atoms with E-state index in [-0.39, 0.29) is 18.0 Å². The van der Waals surface area contributed by atoms with Crippen molar-refractivity contribution < 1.29 is 4.79 Å². The third-order valence-electron chi connectivity index (χ3n) is 5.73. The van der Waals surface area contributed by atoms with Crippen molar-refractivity contribution in [2.75, 3.05) is 26.5 Å². The summed E-state index contributed by atoms with van der Waals surface area (Å²) < 4.78 is 0. The van der Waals surface area contributed by atoms with Crippen LogP contribution in [0, 0.1) is 0 Å². The Bertz CT molecular complexity index is 1220. The van der Waals surface area contributed by atoms with Crippen LogP contribution in [0.2, 0.25) is 0 Å². The predicted molar refractivity (Wildman–Crippen MR) is 151 cm³/mol. The lowest BCUT2D eigenvalue weighted by molar-refractivity contribution is -0.120. The second-order valence-electron chi connectivity index (χ2n) is 9.33. The SMILES string of the molecule is C=C/C(=C\N(C)C)c1cccc(-c2ncc(C(/C=N\C)=C/C(=C)C)c(N[C@H]3C[C@@H](NC(C)=O)C3)n2)c1. The van der Waals surface area contributed by atoms with Gasteiger partial charge in [-0.3, -0.25) is 9.79 Å². The van der Waals surface area contributed by atoms with Crippen LogP contribution in [0.5, 0.6) is 0 Å². The molecule has 2 aromatic rings. The minimum absolute atomic E-state index is 0.00334. The molecule has 36 heavy (non-hydrogen) atoms. The van der Waals surface area contributed by atoms with Crippen LogP contribution in [-0.4, -0.2) is 60.2 Å². The van der Waals surface area contributed by atoms with Gasteiger partial charge in [-0.1, -0.05) is 49.1 Å². The molecule has 1 aliphatic rings. The number of carbonyl (C=O) groups excluding carboxylic acids is 1. The van der Waals surface area contributed by atoms with Crippen molar-refractivity contribution >= 4 is 29.1 Å². The van der Waals surface area contributed by atoms with Gasteiger partial charge in [0.25, 0.3) is 0 Å². The van der Waals surface area contributed by atoms with E-state index in [0.717, 1.165) is 52.1 Å². The lowest BCUT2D eigenvalue weighted by atomic mass is 9.86. The standard InChI is InChI=1S/C29H36N6O/c1-8-21(18-35(6)7)22-10-9-11-23(13-22)28-31-17-27(24(16-30-5)12-19(2)3)29(34-28)33-26-14-25(15-26)32-20(4)36/h8-13,16-18,25-26H,1-2,14-15H2,3-7H3,(H,32,36)(H,31,33,34)/b21-18+,24-12+,30-16-/t25-,26+. The van der Waals surface area contributed by atoms with Gasteiger partial charge >= 0.3 is 0 Å². The fourth-order valence-electron chi connectivity index (χ4n) is 4.13. The van der Waals surface area contributed by atoms with E-state index in [2.05, 4.69) is 40.9 Å². The molecule has 0 spiro atoms. The highest BCUT2D eigenvalue weighted by molar-refractivity contribution is 6.12. The van der Waals surface area contributed by atoms with E-state index < -0.39 is 0 Å². The Morgan fingerprint density at radius 3 is 2.56 bits per heavy atom. The minimum atomic E-state index is -0.00334. The minimum Gasteiger partial charge on any atom is -0.383 e. The Morgan fingerprint density at radius 2 is 1.94 bits per heavy atom. The molecule has 1 amide bonds. The van der Waals surface area contributed by atoms with Gasteiger partial charge in [-0.05, 0) is 37.0 Å². The van der Waals surface area contributed by atoms with E-state index in [1.165, 1.54) is 0 Å². The summed E-state index contributed by atoms with van der Waals surface area (Å²) in [6.45, 7) is 11.5. The van der Waals surface area contributed by atoms with E-state index in [1.807, 2.05) is 62.6 Å². The van der Waals surface area contributed by atoms with Gasteiger partial charge in [-0.2, -0.15) is 0 Å². The summed E-state index contributed by atoms with van der Waals surface area (Å²) in [5.74, 6) is 1.35. The van der Waals surface area contributed by atoms with Crippen LogP contribution < -0.4 is 10.6 Å². The molecule has 0 aliphatic heterocycles. The number of carbonyl (C=O) groups is 1. The van der Waals surface area contributed by atoms with E-state index in [9.17, 15) is 4.79 Å². The Kier molecular flexibility index (Phi) is 8.95. The zero-order valence-electron chi connectivity index (χ0n) is 21.9. The van der Waals surface area contributed by atoms with E-state index in [0.29, 0.717) is 5.82 Å². The summed E-state index contributed by atoms with van der Waals surface area (Å²) in [5.41, 5.74) is 5.61. The zero-order valence-corrected chi connectivity index (χ0v) is 21.9. The molecule has 7 nitrogen and oxygen atoms in total. The maximum Gasteiger partial charge on any atom is 0.217 e. The van der Waals surface area contributed by atoms with Gasteiger partial charge in [0, 0.05) is 75.5 Å². The molecule has 1 fully saturated rings. The van der Waals surface area contributed by atoms with Gasteiger partial charge in [0.15, 0.2) is 5.82 Å². The lowest BCUT2D eigenvalue weighted by Gasteiger charge is -2.36. The first-order chi connectivity index (χ1) is 17.2. The molecule has 1 saturated carbocycles. The molecule has 2 N–H and O–H groups in total. The number of allylic oxidation sites excluding steroid dienone is 5. The molecular formula is C29H36N6O. The summed E-state index contributed by atoms with van der Waals surface area (Å²) in [7, 11) is 5.71. The predicted octanol–water partition coefficient (Wildman–Crippen LogP) is 4.97. The second-order valence-corrected chi connectivity index (χ2v) is 9.33. The molecule has 3 rings (SSSR count). The number of anilines is 1. The fraction of sp³-hybridized carbons (Fsp3) is 0.310. The average Bonchev–Trinajstić information content (AvgIpc) is 2.80. The van der Waals surface area contributed by atoms with Crippen molar-refractivity contribution in [1.82, 2.24) is 20.2 Å². The number of nitrogens with one attached hydrogen (secondary N) is 2. The zero-order chi connectivity index (χ0) is 26.2. The first kappa shape index (κ1) is 26.6. The molecule has 0 bridgehead atoms. The molecular weight excluding hydrogens is 448 g/mol.